The topological polar surface area (TPSA) is 154 Å². The Morgan fingerprint density at radius 3 is 2.36 bits per heavy atom. The molecule has 192 valence electrons. The standard InChI is InChI=1S/C21H20ClF3N6O4S/c22-16-10-12(27-19-28-18(26)29-30-19)9-15(21(23,24)25)17(16)11-1-3-13(4-2-11)36(34,35)14-5-7-31(8-6-14)20(32)33/h1-4,9-10,14H,5-8H2,(H,32,33)(H4,26,27,28,29,30). The predicted octanol–water partition coefficient (Wildman–Crippen LogP) is 4.39. The number of likely N-dealkylation sites (tertiary alicyclic amines) is 1. The molecule has 1 aliphatic heterocycles. The van der Waals surface area contributed by atoms with Gasteiger partial charge in [0.25, 0.3) is 0 Å². The van der Waals surface area contributed by atoms with Gasteiger partial charge in [0.15, 0.2) is 9.84 Å². The van der Waals surface area contributed by atoms with Crippen LogP contribution in [0.5, 0.6) is 0 Å². The maximum atomic E-state index is 14.0. The van der Waals surface area contributed by atoms with E-state index >= 15 is 0 Å². The SMILES string of the molecule is Nc1nc(Nc2cc(Cl)c(-c3ccc(S(=O)(=O)C4CCN(C(=O)O)CC4)cc3)c(C(F)(F)F)c2)n[nH]1. The summed E-state index contributed by atoms with van der Waals surface area (Å²) in [6, 6.07) is 7.09. The number of alkyl halides is 3. The fraction of sp³-hybridized carbons (Fsp3) is 0.286. The molecule has 0 aliphatic carbocycles. The molecule has 0 atom stereocenters. The number of aromatic nitrogens is 3. The van der Waals surface area contributed by atoms with Gasteiger partial charge in [0.2, 0.25) is 11.9 Å². The molecule has 36 heavy (non-hydrogen) atoms. The number of benzene rings is 2. The van der Waals surface area contributed by atoms with E-state index in [1.165, 1.54) is 30.3 Å². The number of nitrogen functional groups attached to an aromatic ring is 1. The second-order valence-electron chi connectivity index (χ2n) is 8.09. The quantitative estimate of drug-likeness (QED) is 0.369. The minimum absolute atomic E-state index is 0.0259. The highest BCUT2D eigenvalue weighted by Crippen LogP contribution is 2.43. The molecule has 0 radical (unpaired) electrons. The van der Waals surface area contributed by atoms with Crippen LogP contribution < -0.4 is 11.1 Å². The highest BCUT2D eigenvalue weighted by molar-refractivity contribution is 7.92. The second-order valence-corrected chi connectivity index (χ2v) is 10.7. The third-order valence-corrected chi connectivity index (χ3v) is 8.35. The van der Waals surface area contributed by atoms with Crippen molar-refractivity contribution in [2.45, 2.75) is 29.2 Å². The number of amides is 1. The first-order valence-corrected chi connectivity index (χ1v) is 12.5. The number of nitrogens with zero attached hydrogens (tertiary/aromatic N) is 3. The number of anilines is 3. The van der Waals surface area contributed by atoms with Crippen LogP contribution in [-0.4, -0.2) is 58.0 Å². The average Bonchev–Trinajstić information content (AvgIpc) is 3.22. The van der Waals surface area contributed by atoms with Crippen LogP contribution in [0.15, 0.2) is 41.3 Å². The van der Waals surface area contributed by atoms with E-state index in [1.54, 1.807) is 0 Å². The predicted molar refractivity (Wildman–Crippen MR) is 126 cm³/mol. The zero-order valence-electron chi connectivity index (χ0n) is 18.4. The van der Waals surface area contributed by atoms with Gasteiger partial charge in [0.05, 0.1) is 20.7 Å². The first-order valence-electron chi connectivity index (χ1n) is 10.5. The molecule has 10 nitrogen and oxygen atoms in total. The van der Waals surface area contributed by atoms with Crippen molar-refractivity contribution in [3.05, 3.63) is 47.0 Å². The maximum Gasteiger partial charge on any atom is 0.417 e. The number of H-pyrrole nitrogens is 1. The molecular formula is C21H20ClF3N6O4S. The van der Waals surface area contributed by atoms with Gasteiger partial charge in [0, 0.05) is 24.3 Å². The summed E-state index contributed by atoms with van der Waals surface area (Å²) in [5.41, 5.74) is 4.11. The minimum atomic E-state index is -4.78. The number of nitrogens with two attached hydrogens (primary N) is 1. The fourth-order valence-corrected chi connectivity index (χ4v) is 6.08. The number of hydrogen-bond acceptors (Lipinski definition) is 7. The molecule has 0 unspecified atom stereocenters. The maximum absolute atomic E-state index is 14.0. The van der Waals surface area contributed by atoms with Crippen LogP contribution in [-0.2, 0) is 16.0 Å². The number of aromatic amines is 1. The van der Waals surface area contributed by atoms with Crippen LogP contribution in [0.1, 0.15) is 18.4 Å². The summed E-state index contributed by atoms with van der Waals surface area (Å²) in [6.45, 7) is 0.172. The highest BCUT2D eigenvalue weighted by atomic mass is 35.5. The number of sulfone groups is 1. The van der Waals surface area contributed by atoms with Crippen LogP contribution in [0.25, 0.3) is 11.1 Å². The van der Waals surface area contributed by atoms with E-state index in [1.807, 2.05) is 0 Å². The Morgan fingerprint density at radius 1 is 1.19 bits per heavy atom. The van der Waals surface area contributed by atoms with E-state index in [2.05, 4.69) is 20.5 Å². The molecule has 4 rings (SSSR count). The minimum Gasteiger partial charge on any atom is -0.465 e. The van der Waals surface area contributed by atoms with Crippen LogP contribution in [0.3, 0.4) is 0 Å². The van der Waals surface area contributed by atoms with E-state index in [0.717, 1.165) is 11.0 Å². The van der Waals surface area contributed by atoms with Gasteiger partial charge in [0.1, 0.15) is 0 Å². The van der Waals surface area contributed by atoms with Gasteiger partial charge < -0.3 is 21.1 Å². The van der Waals surface area contributed by atoms with Gasteiger partial charge in [-0.05, 0) is 42.7 Å². The Bertz CT molecular complexity index is 1390. The molecule has 3 aromatic rings. The van der Waals surface area contributed by atoms with Crippen molar-refractivity contribution >= 4 is 45.1 Å². The van der Waals surface area contributed by atoms with E-state index in [-0.39, 0.29) is 64.6 Å². The molecule has 0 bridgehead atoms. The number of halogens is 4. The zero-order valence-corrected chi connectivity index (χ0v) is 20.0. The first-order chi connectivity index (χ1) is 16.9. The van der Waals surface area contributed by atoms with Crippen molar-refractivity contribution in [2.24, 2.45) is 0 Å². The fourth-order valence-electron chi connectivity index (χ4n) is 4.02. The molecule has 1 aromatic heterocycles. The number of hydrogen-bond donors (Lipinski definition) is 4. The largest absolute Gasteiger partial charge is 0.465 e. The number of carbonyl (C=O) groups is 1. The van der Waals surface area contributed by atoms with Gasteiger partial charge in [-0.15, -0.1) is 5.10 Å². The van der Waals surface area contributed by atoms with Gasteiger partial charge in [-0.1, -0.05) is 23.7 Å². The molecule has 0 saturated carbocycles. The van der Waals surface area contributed by atoms with E-state index in [4.69, 9.17) is 22.4 Å². The van der Waals surface area contributed by atoms with Gasteiger partial charge in [-0.2, -0.15) is 18.2 Å². The average molecular weight is 545 g/mol. The van der Waals surface area contributed by atoms with Crippen molar-refractivity contribution in [3.8, 4) is 11.1 Å². The van der Waals surface area contributed by atoms with Gasteiger partial charge in [-0.25, -0.2) is 18.3 Å². The number of carboxylic acid groups (broad SMARTS) is 1. The molecule has 0 spiro atoms. The zero-order chi connectivity index (χ0) is 26.3. The van der Waals surface area contributed by atoms with Crippen LogP contribution in [0.2, 0.25) is 5.02 Å². The molecule has 1 fully saturated rings. The molecule has 2 aromatic carbocycles. The summed E-state index contributed by atoms with van der Waals surface area (Å²) in [5.74, 6) is -0.0769. The molecule has 1 amide bonds. The Labute approximate surface area is 208 Å². The lowest BCUT2D eigenvalue weighted by Gasteiger charge is -2.29. The normalized spacial score (nSPS) is 15.2. The number of rotatable bonds is 5. The molecule has 15 heteroatoms. The summed E-state index contributed by atoms with van der Waals surface area (Å²) >= 11 is 6.25. The smallest absolute Gasteiger partial charge is 0.417 e. The van der Waals surface area contributed by atoms with E-state index in [0.29, 0.717) is 0 Å². The van der Waals surface area contributed by atoms with Crippen molar-refractivity contribution < 1.29 is 31.5 Å². The van der Waals surface area contributed by atoms with Crippen molar-refractivity contribution in [1.82, 2.24) is 20.1 Å². The molecule has 2 heterocycles. The summed E-state index contributed by atoms with van der Waals surface area (Å²) in [4.78, 5) is 15.9. The Morgan fingerprint density at radius 2 is 1.83 bits per heavy atom. The van der Waals surface area contributed by atoms with Crippen LogP contribution in [0, 0.1) is 0 Å². The number of nitrogens with one attached hydrogen (secondary N) is 2. The Hall–Kier alpha value is -3.52. The van der Waals surface area contributed by atoms with Crippen molar-refractivity contribution in [2.75, 3.05) is 24.1 Å². The summed E-state index contributed by atoms with van der Waals surface area (Å²) in [6.07, 6.45) is -5.63. The van der Waals surface area contributed by atoms with Gasteiger partial charge in [-0.3, -0.25) is 0 Å². The Kier molecular flexibility index (Phi) is 6.75. The van der Waals surface area contributed by atoms with E-state index < -0.39 is 32.9 Å². The van der Waals surface area contributed by atoms with Crippen molar-refractivity contribution in [3.63, 3.8) is 0 Å². The molecule has 1 aliphatic rings. The van der Waals surface area contributed by atoms with Crippen LogP contribution in [0.4, 0.5) is 35.5 Å². The van der Waals surface area contributed by atoms with Crippen molar-refractivity contribution in [1.29, 1.82) is 0 Å². The monoisotopic (exact) mass is 544 g/mol. The second kappa shape index (κ2) is 9.50. The summed E-state index contributed by atoms with van der Waals surface area (Å²) < 4.78 is 67.9. The summed E-state index contributed by atoms with van der Waals surface area (Å²) in [7, 11) is -3.81. The molecule has 1 saturated heterocycles. The Balaban J connectivity index is 1.64. The lowest BCUT2D eigenvalue weighted by atomic mass is 9.98. The third kappa shape index (κ3) is 5.18. The molecule has 5 N–H and O–H groups in total. The lowest BCUT2D eigenvalue weighted by Crippen LogP contribution is -2.41. The third-order valence-electron chi connectivity index (χ3n) is 5.78. The summed E-state index contributed by atoms with van der Waals surface area (Å²) in [5, 5.41) is 16.7. The van der Waals surface area contributed by atoms with E-state index in [9.17, 15) is 26.4 Å². The number of piperidine rings is 1. The lowest BCUT2D eigenvalue weighted by molar-refractivity contribution is -0.137. The highest BCUT2D eigenvalue weighted by Gasteiger charge is 2.36. The molecular weight excluding hydrogens is 525 g/mol. The van der Waals surface area contributed by atoms with Gasteiger partial charge >= 0.3 is 12.3 Å². The van der Waals surface area contributed by atoms with Crippen LogP contribution >= 0.6 is 11.6 Å². The first kappa shape index (κ1) is 25.6.